The average molecular weight is 327 g/mol. The van der Waals surface area contributed by atoms with E-state index in [1.165, 1.54) is 0 Å². The van der Waals surface area contributed by atoms with Crippen LogP contribution in [0, 0.1) is 0 Å². The third kappa shape index (κ3) is 3.51. The maximum atomic E-state index is 12.5. The van der Waals surface area contributed by atoms with Gasteiger partial charge in [0.2, 0.25) is 0 Å². The van der Waals surface area contributed by atoms with Gasteiger partial charge in [0.15, 0.2) is 11.5 Å². The number of carbonyl (C=O) groups excluding carboxylic acids is 1. The summed E-state index contributed by atoms with van der Waals surface area (Å²) in [5.41, 5.74) is 3.62. The van der Waals surface area contributed by atoms with Crippen molar-refractivity contribution in [3.63, 3.8) is 0 Å². The highest BCUT2D eigenvalue weighted by atomic mass is 16.6. The van der Waals surface area contributed by atoms with Gasteiger partial charge in [-0.05, 0) is 37.1 Å². The Morgan fingerprint density at radius 3 is 2.54 bits per heavy atom. The molecule has 0 aliphatic carbocycles. The van der Waals surface area contributed by atoms with Crippen LogP contribution in [0.15, 0.2) is 48.5 Å². The van der Waals surface area contributed by atoms with Gasteiger partial charge in [0.05, 0.1) is 12.0 Å². The van der Waals surface area contributed by atoms with Gasteiger partial charge in [0, 0.05) is 0 Å². The first-order chi connectivity index (χ1) is 11.6. The number of ether oxygens (including phenoxy) is 2. The third-order valence-corrected chi connectivity index (χ3v) is 4.08. The number of nitrogens with one attached hydrogen (secondary N) is 1. The van der Waals surface area contributed by atoms with Gasteiger partial charge in [-0.25, -0.2) is 5.48 Å². The summed E-state index contributed by atoms with van der Waals surface area (Å²) in [5.74, 6) is 1.17. The van der Waals surface area contributed by atoms with Gasteiger partial charge in [0.1, 0.15) is 13.2 Å². The van der Waals surface area contributed by atoms with E-state index in [2.05, 4.69) is 5.48 Å². The molecule has 0 unspecified atom stereocenters. The van der Waals surface area contributed by atoms with Crippen molar-refractivity contribution >= 4 is 5.91 Å². The molecule has 2 aromatic carbocycles. The number of amides is 1. The summed E-state index contributed by atoms with van der Waals surface area (Å²) in [4.78, 5) is 17.9. The third-order valence-electron chi connectivity index (χ3n) is 4.08. The van der Waals surface area contributed by atoms with Gasteiger partial charge in [0.25, 0.3) is 5.91 Å². The van der Waals surface area contributed by atoms with Crippen molar-refractivity contribution in [1.82, 2.24) is 5.48 Å². The summed E-state index contributed by atoms with van der Waals surface area (Å²) in [6.07, 6.45) is 0. The lowest BCUT2D eigenvalue weighted by atomic mass is 9.84. The fourth-order valence-corrected chi connectivity index (χ4v) is 2.45. The fraction of sp³-hybridized carbons (Fsp3) is 0.316. The Hall–Kier alpha value is -2.53. The molecule has 1 N–H and O–H groups in total. The van der Waals surface area contributed by atoms with Crippen molar-refractivity contribution in [2.24, 2.45) is 0 Å². The van der Waals surface area contributed by atoms with E-state index in [0.29, 0.717) is 31.3 Å². The van der Waals surface area contributed by atoms with Gasteiger partial charge < -0.3 is 9.47 Å². The van der Waals surface area contributed by atoms with Crippen LogP contribution >= 0.6 is 0 Å². The van der Waals surface area contributed by atoms with Crippen molar-refractivity contribution in [1.29, 1.82) is 0 Å². The van der Waals surface area contributed by atoms with Crippen molar-refractivity contribution in [2.75, 3.05) is 13.2 Å². The minimum atomic E-state index is -0.757. The van der Waals surface area contributed by atoms with Gasteiger partial charge in [-0.15, -0.1) is 0 Å². The highest BCUT2D eigenvalue weighted by Gasteiger charge is 2.31. The Balaban J connectivity index is 1.64. The monoisotopic (exact) mass is 327 g/mol. The van der Waals surface area contributed by atoms with Crippen molar-refractivity contribution in [3.05, 3.63) is 59.7 Å². The molecule has 0 saturated carbocycles. The average Bonchev–Trinajstić information content (AvgIpc) is 2.62. The molecule has 0 saturated heterocycles. The minimum Gasteiger partial charge on any atom is -0.486 e. The first-order valence-corrected chi connectivity index (χ1v) is 7.93. The van der Waals surface area contributed by atoms with Crippen LogP contribution in [0.5, 0.6) is 11.5 Å². The minimum absolute atomic E-state index is 0.213. The molecule has 0 spiro atoms. The lowest BCUT2D eigenvalue weighted by Crippen LogP contribution is -2.40. The molecule has 126 valence electrons. The standard InChI is InChI=1S/C19H21NO4/c1-19(2,15-8-9-16-17(12-15)23-11-10-22-16)18(21)20-24-13-14-6-4-3-5-7-14/h3-9,12H,10-11,13H2,1-2H3,(H,20,21). The second-order valence-corrected chi connectivity index (χ2v) is 6.19. The Labute approximate surface area is 141 Å². The smallest absolute Gasteiger partial charge is 0.253 e. The van der Waals surface area contributed by atoms with Crippen molar-refractivity contribution < 1.29 is 19.1 Å². The maximum Gasteiger partial charge on any atom is 0.253 e. The van der Waals surface area contributed by atoms with Gasteiger partial charge in [-0.1, -0.05) is 36.4 Å². The van der Waals surface area contributed by atoms with E-state index in [-0.39, 0.29) is 5.91 Å². The summed E-state index contributed by atoms with van der Waals surface area (Å²) < 4.78 is 11.1. The number of carbonyl (C=O) groups is 1. The van der Waals surface area contributed by atoms with Crippen LogP contribution in [-0.2, 0) is 21.7 Å². The molecule has 0 radical (unpaired) electrons. The molecule has 5 heteroatoms. The Morgan fingerprint density at radius 2 is 1.79 bits per heavy atom. The summed E-state index contributed by atoms with van der Waals surface area (Å²) in [7, 11) is 0. The zero-order chi connectivity index (χ0) is 17.0. The summed E-state index contributed by atoms with van der Waals surface area (Å²) >= 11 is 0. The molecule has 5 nitrogen and oxygen atoms in total. The molecule has 1 aliphatic rings. The van der Waals surface area contributed by atoms with E-state index in [1.54, 1.807) is 0 Å². The predicted octanol–water partition coefficient (Wildman–Crippen LogP) is 2.98. The number of benzene rings is 2. The molecule has 0 aromatic heterocycles. The largest absolute Gasteiger partial charge is 0.486 e. The fourth-order valence-electron chi connectivity index (χ4n) is 2.45. The van der Waals surface area contributed by atoms with Crippen LogP contribution in [0.25, 0.3) is 0 Å². The number of hydrogen-bond acceptors (Lipinski definition) is 4. The first-order valence-electron chi connectivity index (χ1n) is 7.93. The lowest BCUT2D eigenvalue weighted by molar-refractivity contribution is -0.139. The van der Waals surface area contributed by atoms with Gasteiger partial charge in [-0.3, -0.25) is 9.63 Å². The molecule has 0 atom stereocenters. The number of fused-ring (bicyclic) bond motifs is 1. The highest BCUT2D eigenvalue weighted by Crippen LogP contribution is 2.35. The maximum absolute atomic E-state index is 12.5. The Kier molecular flexibility index (Phi) is 4.71. The molecule has 1 amide bonds. The number of hydroxylamine groups is 1. The second kappa shape index (κ2) is 6.93. The van der Waals surface area contributed by atoms with Crippen LogP contribution in [0.4, 0.5) is 0 Å². The Morgan fingerprint density at radius 1 is 1.08 bits per heavy atom. The van der Waals surface area contributed by atoms with E-state index in [0.717, 1.165) is 11.1 Å². The molecular formula is C19H21NO4. The van der Waals surface area contributed by atoms with E-state index in [1.807, 2.05) is 62.4 Å². The van der Waals surface area contributed by atoms with Gasteiger partial charge >= 0.3 is 0 Å². The summed E-state index contributed by atoms with van der Waals surface area (Å²) in [5, 5.41) is 0. The zero-order valence-electron chi connectivity index (χ0n) is 13.9. The molecule has 0 bridgehead atoms. The highest BCUT2D eigenvalue weighted by molar-refractivity contribution is 5.86. The molecule has 1 aliphatic heterocycles. The second-order valence-electron chi connectivity index (χ2n) is 6.19. The zero-order valence-corrected chi connectivity index (χ0v) is 13.9. The Bertz CT molecular complexity index is 713. The quantitative estimate of drug-likeness (QED) is 0.858. The van der Waals surface area contributed by atoms with E-state index in [9.17, 15) is 4.79 Å². The van der Waals surface area contributed by atoms with E-state index < -0.39 is 5.41 Å². The van der Waals surface area contributed by atoms with Crippen LogP contribution < -0.4 is 15.0 Å². The molecular weight excluding hydrogens is 306 g/mol. The molecule has 1 heterocycles. The van der Waals surface area contributed by atoms with Crippen molar-refractivity contribution in [2.45, 2.75) is 25.9 Å². The van der Waals surface area contributed by atoms with E-state index >= 15 is 0 Å². The van der Waals surface area contributed by atoms with E-state index in [4.69, 9.17) is 14.3 Å². The predicted molar refractivity (Wildman–Crippen MR) is 89.8 cm³/mol. The van der Waals surface area contributed by atoms with Crippen LogP contribution in [-0.4, -0.2) is 19.1 Å². The summed E-state index contributed by atoms with van der Waals surface area (Å²) in [6.45, 7) is 5.08. The molecule has 0 fully saturated rings. The first kappa shape index (κ1) is 16.3. The molecule has 24 heavy (non-hydrogen) atoms. The van der Waals surface area contributed by atoms with Crippen LogP contribution in [0.1, 0.15) is 25.0 Å². The normalized spacial score (nSPS) is 13.4. The topological polar surface area (TPSA) is 56.8 Å². The SMILES string of the molecule is CC(C)(C(=O)NOCc1ccccc1)c1ccc2c(c1)OCCO2. The number of hydrogen-bond donors (Lipinski definition) is 1. The summed E-state index contributed by atoms with van der Waals surface area (Å²) in [6, 6.07) is 15.3. The lowest BCUT2D eigenvalue weighted by Gasteiger charge is -2.26. The molecule has 3 rings (SSSR count). The van der Waals surface area contributed by atoms with Crippen molar-refractivity contribution in [3.8, 4) is 11.5 Å². The molecule has 2 aromatic rings. The van der Waals surface area contributed by atoms with Crippen LogP contribution in [0.3, 0.4) is 0 Å². The van der Waals surface area contributed by atoms with Crippen LogP contribution in [0.2, 0.25) is 0 Å². The van der Waals surface area contributed by atoms with Gasteiger partial charge in [-0.2, -0.15) is 0 Å². The number of rotatable bonds is 5.